The van der Waals surface area contributed by atoms with E-state index >= 15 is 0 Å². The van der Waals surface area contributed by atoms with Crippen LogP contribution >= 0.6 is 27.5 Å². The SMILES string of the molecule is CCOc1ccc(S(=O)(=O)N(C)CC(=O)N2c3ccc(Br)cc3C[C@@H]2C)cc1Cl. The monoisotopic (exact) mass is 500 g/mol. The molecular weight excluding hydrogens is 480 g/mol. The molecule has 0 spiro atoms. The van der Waals surface area contributed by atoms with Crippen molar-refractivity contribution in [3.63, 3.8) is 0 Å². The van der Waals surface area contributed by atoms with Crippen LogP contribution in [0.3, 0.4) is 0 Å². The molecule has 1 heterocycles. The molecule has 2 aromatic carbocycles. The van der Waals surface area contributed by atoms with E-state index in [1.165, 1.54) is 25.2 Å². The number of hydrogen-bond donors (Lipinski definition) is 0. The molecule has 3 rings (SSSR count). The molecular formula is C20H22BrClN2O4S. The van der Waals surface area contributed by atoms with Crippen LogP contribution in [0.1, 0.15) is 19.4 Å². The van der Waals surface area contributed by atoms with E-state index in [-0.39, 0.29) is 28.4 Å². The molecule has 0 aromatic heterocycles. The van der Waals surface area contributed by atoms with Gasteiger partial charge in [0.05, 0.1) is 23.1 Å². The summed E-state index contributed by atoms with van der Waals surface area (Å²) in [7, 11) is -2.49. The topological polar surface area (TPSA) is 66.9 Å². The van der Waals surface area contributed by atoms with Crippen molar-refractivity contribution in [3.05, 3.63) is 51.5 Å². The highest BCUT2D eigenvalue weighted by atomic mass is 79.9. The Labute approximate surface area is 184 Å². The van der Waals surface area contributed by atoms with E-state index in [1.54, 1.807) is 4.90 Å². The van der Waals surface area contributed by atoms with Crippen LogP contribution in [-0.4, -0.2) is 44.9 Å². The number of fused-ring (bicyclic) bond motifs is 1. The Morgan fingerprint density at radius 3 is 2.69 bits per heavy atom. The smallest absolute Gasteiger partial charge is 0.243 e. The second kappa shape index (κ2) is 8.63. The Morgan fingerprint density at radius 1 is 1.31 bits per heavy atom. The summed E-state index contributed by atoms with van der Waals surface area (Å²) in [4.78, 5) is 14.6. The minimum Gasteiger partial charge on any atom is -0.492 e. The summed E-state index contributed by atoms with van der Waals surface area (Å²) in [5.41, 5.74) is 1.88. The fourth-order valence-electron chi connectivity index (χ4n) is 3.43. The van der Waals surface area contributed by atoms with Crippen molar-refractivity contribution in [3.8, 4) is 5.75 Å². The fraction of sp³-hybridized carbons (Fsp3) is 0.350. The third kappa shape index (κ3) is 4.45. The van der Waals surface area contributed by atoms with Gasteiger partial charge in [-0.3, -0.25) is 4.79 Å². The Balaban J connectivity index is 1.80. The molecule has 1 aliphatic rings. The lowest BCUT2D eigenvalue weighted by Crippen LogP contribution is -2.43. The normalized spacial score (nSPS) is 16.2. The standard InChI is InChI=1S/C20H22BrClN2O4S/c1-4-28-19-8-6-16(11-17(19)22)29(26,27)23(3)12-20(25)24-13(2)9-14-10-15(21)5-7-18(14)24/h5-8,10-11,13H,4,9,12H2,1-3H3/t13-/m0/s1. The van der Waals surface area contributed by atoms with Gasteiger partial charge in [0.15, 0.2) is 0 Å². The zero-order valence-electron chi connectivity index (χ0n) is 16.4. The summed E-state index contributed by atoms with van der Waals surface area (Å²) in [5.74, 6) is 0.141. The number of carbonyl (C=O) groups excluding carboxylic acids is 1. The molecule has 0 N–H and O–H groups in total. The maximum Gasteiger partial charge on any atom is 0.243 e. The Morgan fingerprint density at radius 2 is 2.03 bits per heavy atom. The summed E-state index contributed by atoms with van der Waals surface area (Å²) in [5, 5.41) is 0.209. The molecule has 0 fully saturated rings. The van der Waals surface area contributed by atoms with Crippen molar-refractivity contribution in [2.75, 3.05) is 25.1 Å². The van der Waals surface area contributed by atoms with Gasteiger partial charge in [0.25, 0.3) is 0 Å². The lowest BCUT2D eigenvalue weighted by Gasteiger charge is -2.25. The quantitative estimate of drug-likeness (QED) is 0.598. The highest BCUT2D eigenvalue weighted by molar-refractivity contribution is 9.10. The van der Waals surface area contributed by atoms with Gasteiger partial charge >= 0.3 is 0 Å². The second-order valence-corrected chi connectivity index (χ2v) is 10.2. The first-order chi connectivity index (χ1) is 13.6. The predicted octanol–water partition coefficient (Wildman–Crippen LogP) is 4.10. The molecule has 2 aromatic rings. The number of likely N-dealkylation sites (N-methyl/N-ethyl adjacent to an activating group) is 1. The molecule has 0 saturated heterocycles. The van der Waals surface area contributed by atoms with E-state index in [0.717, 1.165) is 26.4 Å². The van der Waals surface area contributed by atoms with Crippen molar-refractivity contribution < 1.29 is 17.9 Å². The van der Waals surface area contributed by atoms with Crippen LogP contribution in [0.4, 0.5) is 5.69 Å². The van der Waals surface area contributed by atoms with E-state index in [1.807, 2.05) is 32.0 Å². The molecule has 1 atom stereocenters. The van der Waals surface area contributed by atoms with Gasteiger partial charge in [0.2, 0.25) is 15.9 Å². The third-order valence-electron chi connectivity index (χ3n) is 4.80. The Hall–Kier alpha value is -1.61. The number of hydrogen-bond acceptors (Lipinski definition) is 4. The number of carbonyl (C=O) groups is 1. The highest BCUT2D eigenvalue weighted by Crippen LogP contribution is 2.34. The van der Waals surface area contributed by atoms with Gasteiger partial charge in [-0.1, -0.05) is 27.5 Å². The summed E-state index contributed by atoms with van der Waals surface area (Å²) < 4.78 is 33.2. The first kappa shape index (κ1) is 22.1. The van der Waals surface area contributed by atoms with Crippen molar-refractivity contribution in [2.24, 2.45) is 0 Å². The molecule has 156 valence electrons. The van der Waals surface area contributed by atoms with Gasteiger partial charge in [-0.05, 0) is 62.2 Å². The molecule has 9 heteroatoms. The molecule has 1 aliphatic heterocycles. The number of benzene rings is 2. The molecule has 1 amide bonds. The first-order valence-corrected chi connectivity index (χ1v) is 11.8. The molecule has 29 heavy (non-hydrogen) atoms. The third-order valence-corrected chi connectivity index (χ3v) is 7.38. The summed E-state index contributed by atoms with van der Waals surface area (Å²) in [6, 6.07) is 9.99. The molecule has 0 radical (unpaired) electrons. The number of halogens is 2. The summed E-state index contributed by atoms with van der Waals surface area (Å²) in [6.45, 7) is 3.92. The Bertz CT molecular complexity index is 1040. The van der Waals surface area contributed by atoms with Gasteiger partial charge in [-0.15, -0.1) is 0 Å². The molecule has 0 bridgehead atoms. The lowest BCUT2D eigenvalue weighted by atomic mass is 10.1. The second-order valence-electron chi connectivity index (χ2n) is 6.88. The van der Waals surface area contributed by atoms with E-state index in [4.69, 9.17) is 16.3 Å². The largest absolute Gasteiger partial charge is 0.492 e. The average molecular weight is 502 g/mol. The van der Waals surface area contributed by atoms with Crippen LogP contribution in [0, 0.1) is 0 Å². The van der Waals surface area contributed by atoms with Gasteiger partial charge in [0, 0.05) is 23.2 Å². The number of anilines is 1. The summed E-state index contributed by atoms with van der Waals surface area (Å²) in [6.07, 6.45) is 0.728. The molecule has 0 aliphatic carbocycles. The van der Waals surface area contributed by atoms with E-state index in [2.05, 4.69) is 15.9 Å². The fourth-order valence-corrected chi connectivity index (χ4v) is 5.28. The van der Waals surface area contributed by atoms with Gasteiger partial charge in [0.1, 0.15) is 5.75 Å². The van der Waals surface area contributed by atoms with Crippen LogP contribution in [0.2, 0.25) is 5.02 Å². The number of ether oxygens (including phenoxy) is 1. The van der Waals surface area contributed by atoms with Crippen molar-refractivity contribution in [2.45, 2.75) is 31.2 Å². The van der Waals surface area contributed by atoms with Crippen LogP contribution in [0.5, 0.6) is 5.75 Å². The molecule has 6 nitrogen and oxygen atoms in total. The van der Waals surface area contributed by atoms with Gasteiger partial charge < -0.3 is 9.64 Å². The van der Waals surface area contributed by atoms with E-state index in [9.17, 15) is 13.2 Å². The van der Waals surface area contributed by atoms with Gasteiger partial charge in [-0.2, -0.15) is 4.31 Å². The van der Waals surface area contributed by atoms with E-state index in [0.29, 0.717) is 12.4 Å². The maximum atomic E-state index is 13.0. The maximum absolute atomic E-state index is 13.0. The van der Waals surface area contributed by atoms with Crippen molar-refractivity contribution >= 4 is 49.1 Å². The molecule has 0 saturated carbocycles. The number of amides is 1. The zero-order chi connectivity index (χ0) is 21.3. The molecule has 0 unspecified atom stereocenters. The number of sulfonamides is 1. The van der Waals surface area contributed by atoms with Crippen LogP contribution < -0.4 is 9.64 Å². The average Bonchev–Trinajstić information content (AvgIpc) is 2.98. The minimum atomic E-state index is -3.88. The number of nitrogens with zero attached hydrogens (tertiary/aromatic N) is 2. The summed E-state index contributed by atoms with van der Waals surface area (Å²) >= 11 is 9.57. The van der Waals surface area contributed by atoms with Crippen LogP contribution in [0.15, 0.2) is 45.8 Å². The van der Waals surface area contributed by atoms with Crippen molar-refractivity contribution in [1.29, 1.82) is 0 Å². The number of rotatable bonds is 6. The van der Waals surface area contributed by atoms with E-state index < -0.39 is 10.0 Å². The van der Waals surface area contributed by atoms with Crippen molar-refractivity contribution in [1.82, 2.24) is 4.31 Å². The Kier molecular flexibility index (Phi) is 6.57. The first-order valence-electron chi connectivity index (χ1n) is 9.14. The lowest BCUT2D eigenvalue weighted by molar-refractivity contribution is -0.118. The predicted molar refractivity (Wildman–Crippen MR) is 117 cm³/mol. The van der Waals surface area contributed by atoms with Crippen LogP contribution in [-0.2, 0) is 21.2 Å². The zero-order valence-corrected chi connectivity index (χ0v) is 19.5. The highest BCUT2D eigenvalue weighted by Gasteiger charge is 2.33. The van der Waals surface area contributed by atoms with Gasteiger partial charge in [-0.25, -0.2) is 8.42 Å². The van der Waals surface area contributed by atoms with Crippen LogP contribution in [0.25, 0.3) is 0 Å². The minimum absolute atomic E-state index is 0.0139.